The Kier molecular flexibility index (Phi) is 3.69. The highest BCUT2D eigenvalue weighted by Gasteiger charge is 2.24. The predicted octanol–water partition coefficient (Wildman–Crippen LogP) is 0.0769. The molecule has 0 bridgehead atoms. The summed E-state index contributed by atoms with van der Waals surface area (Å²) in [6, 6.07) is 0. The lowest BCUT2D eigenvalue weighted by Gasteiger charge is -2.19. The standard InChI is InChI=1S/C7H12O5/c1-7(12,4-6(10)11)3-2-5(8)9/h12H,2-4H2,1H3,(H,8,9)(H,10,11). The van der Waals surface area contributed by atoms with E-state index in [2.05, 4.69) is 0 Å². The summed E-state index contributed by atoms with van der Waals surface area (Å²) in [5.41, 5.74) is -1.43. The highest BCUT2D eigenvalue weighted by atomic mass is 16.4. The van der Waals surface area contributed by atoms with Crippen LogP contribution in [0.15, 0.2) is 0 Å². The lowest BCUT2D eigenvalue weighted by molar-refractivity contribution is -0.145. The monoisotopic (exact) mass is 176 g/mol. The molecule has 5 heteroatoms. The molecule has 0 spiro atoms. The van der Waals surface area contributed by atoms with Crippen molar-refractivity contribution in [2.45, 2.75) is 31.8 Å². The van der Waals surface area contributed by atoms with Gasteiger partial charge >= 0.3 is 11.9 Å². The van der Waals surface area contributed by atoms with E-state index in [1.54, 1.807) is 0 Å². The molecule has 70 valence electrons. The zero-order valence-corrected chi connectivity index (χ0v) is 6.78. The van der Waals surface area contributed by atoms with E-state index in [4.69, 9.17) is 10.2 Å². The summed E-state index contributed by atoms with van der Waals surface area (Å²) < 4.78 is 0. The van der Waals surface area contributed by atoms with Gasteiger partial charge in [-0.05, 0) is 13.3 Å². The third-order valence-electron chi connectivity index (χ3n) is 1.41. The first-order valence-corrected chi connectivity index (χ1v) is 3.49. The third kappa shape index (κ3) is 5.67. The number of aliphatic hydroxyl groups is 1. The molecular formula is C7H12O5. The zero-order chi connectivity index (χ0) is 9.78. The number of carboxylic acid groups (broad SMARTS) is 2. The van der Waals surface area contributed by atoms with Gasteiger partial charge in [-0.1, -0.05) is 0 Å². The van der Waals surface area contributed by atoms with Crippen molar-refractivity contribution < 1.29 is 24.9 Å². The molecule has 0 aliphatic rings. The van der Waals surface area contributed by atoms with Gasteiger partial charge in [0.25, 0.3) is 0 Å². The van der Waals surface area contributed by atoms with Crippen molar-refractivity contribution in [3.05, 3.63) is 0 Å². The molecule has 0 amide bonds. The van der Waals surface area contributed by atoms with Crippen LogP contribution in [0.1, 0.15) is 26.2 Å². The quantitative estimate of drug-likeness (QED) is 0.551. The number of aliphatic carboxylic acids is 2. The fourth-order valence-corrected chi connectivity index (χ4v) is 0.790. The summed E-state index contributed by atoms with van der Waals surface area (Å²) in [7, 11) is 0. The SMILES string of the molecule is CC(O)(CCC(=O)O)CC(=O)O. The van der Waals surface area contributed by atoms with E-state index in [1.807, 2.05) is 0 Å². The average molecular weight is 176 g/mol. The number of carboxylic acids is 2. The van der Waals surface area contributed by atoms with Crippen molar-refractivity contribution >= 4 is 11.9 Å². The Hall–Kier alpha value is -1.10. The average Bonchev–Trinajstić information content (AvgIpc) is 1.81. The van der Waals surface area contributed by atoms with Gasteiger partial charge in [-0.2, -0.15) is 0 Å². The van der Waals surface area contributed by atoms with Crippen LogP contribution in [0.4, 0.5) is 0 Å². The smallest absolute Gasteiger partial charge is 0.306 e. The van der Waals surface area contributed by atoms with Gasteiger partial charge in [-0.3, -0.25) is 9.59 Å². The van der Waals surface area contributed by atoms with Gasteiger partial charge in [0.05, 0.1) is 12.0 Å². The first-order valence-electron chi connectivity index (χ1n) is 3.49. The zero-order valence-electron chi connectivity index (χ0n) is 6.78. The van der Waals surface area contributed by atoms with Crippen LogP contribution in [-0.4, -0.2) is 32.9 Å². The van der Waals surface area contributed by atoms with Gasteiger partial charge < -0.3 is 15.3 Å². The van der Waals surface area contributed by atoms with E-state index in [9.17, 15) is 14.7 Å². The fraction of sp³-hybridized carbons (Fsp3) is 0.714. The molecule has 1 unspecified atom stereocenters. The highest BCUT2D eigenvalue weighted by molar-refractivity contribution is 5.69. The molecule has 5 nitrogen and oxygen atoms in total. The Labute approximate surface area is 69.6 Å². The molecule has 0 aromatic rings. The maximum absolute atomic E-state index is 10.2. The van der Waals surface area contributed by atoms with Crippen LogP contribution >= 0.6 is 0 Å². The molecule has 0 fully saturated rings. The predicted molar refractivity (Wildman–Crippen MR) is 39.7 cm³/mol. The normalized spacial score (nSPS) is 15.2. The Morgan fingerprint density at radius 2 is 1.75 bits per heavy atom. The molecule has 12 heavy (non-hydrogen) atoms. The summed E-state index contributed by atoms with van der Waals surface area (Å²) in [6.45, 7) is 1.31. The van der Waals surface area contributed by atoms with E-state index in [1.165, 1.54) is 6.92 Å². The maximum Gasteiger partial charge on any atom is 0.306 e. The van der Waals surface area contributed by atoms with Crippen LogP contribution < -0.4 is 0 Å². The largest absolute Gasteiger partial charge is 0.481 e. The van der Waals surface area contributed by atoms with Gasteiger partial charge in [0.15, 0.2) is 0 Å². The molecule has 0 aromatic heterocycles. The fourth-order valence-electron chi connectivity index (χ4n) is 0.790. The Morgan fingerprint density at radius 1 is 1.25 bits per heavy atom. The number of rotatable bonds is 5. The molecule has 0 heterocycles. The molecule has 0 saturated heterocycles. The van der Waals surface area contributed by atoms with Crippen molar-refractivity contribution in [1.82, 2.24) is 0 Å². The van der Waals surface area contributed by atoms with Crippen molar-refractivity contribution in [2.24, 2.45) is 0 Å². The van der Waals surface area contributed by atoms with Crippen LogP contribution in [0.5, 0.6) is 0 Å². The van der Waals surface area contributed by atoms with Gasteiger partial charge in [-0.15, -0.1) is 0 Å². The maximum atomic E-state index is 10.2. The summed E-state index contributed by atoms with van der Waals surface area (Å²) >= 11 is 0. The highest BCUT2D eigenvalue weighted by Crippen LogP contribution is 2.16. The number of carbonyl (C=O) groups is 2. The first kappa shape index (κ1) is 10.9. The van der Waals surface area contributed by atoms with Crippen molar-refractivity contribution in [2.75, 3.05) is 0 Å². The van der Waals surface area contributed by atoms with E-state index >= 15 is 0 Å². The van der Waals surface area contributed by atoms with Gasteiger partial charge in [0.2, 0.25) is 0 Å². The molecule has 1 atom stereocenters. The van der Waals surface area contributed by atoms with Crippen LogP contribution in [-0.2, 0) is 9.59 Å². The van der Waals surface area contributed by atoms with Crippen LogP contribution in [0.3, 0.4) is 0 Å². The Balaban J connectivity index is 3.86. The number of hydrogen-bond acceptors (Lipinski definition) is 3. The Bertz CT molecular complexity index is 184. The van der Waals surface area contributed by atoms with Gasteiger partial charge in [-0.25, -0.2) is 0 Å². The van der Waals surface area contributed by atoms with E-state index in [-0.39, 0.29) is 12.8 Å². The van der Waals surface area contributed by atoms with E-state index < -0.39 is 24.0 Å². The molecule has 0 aliphatic heterocycles. The Morgan fingerprint density at radius 3 is 2.08 bits per heavy atom. The molecule has 3 N–H and O–H groups in total. The van der Waals surface area contributed by atoms with Crippen molar-refractivity contribution in [3.63, 3.8) is 0 Å². The van der Waals surface area contributed by atoms with Crippen LogP contribution in [0, 0.1) is 0 Å². The van der Waals surface area contributed by atoms with E-state index in [0.29, 0.717) is 0 Å². The minimum atomic E-state index is -1.43. The second-order valence-corrected chi connectivity index (χ2v) is 2.96. The van der Waals surface area contributed by atoms with E-state index in [0.717, 1.165) is 0 Å². The minimum Gasteiger partial charge on any atom is -0.481 e. The third-order valence-corrected chi connectivity index (χ3v) is 1.41. The number of hydrogen-bond donors (Lipinski definition) is 3. The first-order chi connectivity index (χ1) is 5.33. The summed E-state index contributed by atoms with van der Waals surface area (Å²) in [5, 5.41) is 25.8. The van der Waals surface area contributed by atoms with Gasteiger partial charge in [0.1, 0.15) is 0 Å². The molecule has 0 radical (unpaired) electrons. The topological polar surface area (TPSA) is 94.8 Å². The summed E-state index contributed by atoms with van der Waals surface area (Å²) in [5.74, 6) is -2.17. The van der Waals surface area contributed by atoms with Crippen LogP contribution in [0.2, 0.25) is 0 Å². The second kappa shape index (κ2) is 4.06. The summed E-state index contributed by atoms with van der Waals surface area (Å²) in [6.07, 6.45) is -0.699. The minimum absolute atomic E-state index is 0.0470. The van der Waals surface area contributed by atoms with Crippen molar-refractivity contribution in [3.8, 4) is 0 Å². The lowest BCUT2D eigenvalue weighted by Crippen LogP contribution is -2.28. The lowest BCUT2D eigenvalue weighted by atomic mass is 9.96. The van der Waals surface area contributed by atoms with Gasteiger partial charge in [0, 0.05) is 6.42 Å². The van der Waals surface area contributed by atoms with Crippen molar-refractivity contribution in [1.29, 1.82) is 0 Å². The van der Waals surface area contributed by atoms with Crippen LogP contribution in [0.25, 0.3) is 0 Å². The molecule has 0 aliphatic carbocycles. The molecule has 0 saturated carbocycles. The molecule has 0 rings (SSSR count). The summed E-state index contributed by atoms with van der Waals surface area (Å²) in [4.78, 5) is 20.2. The molecule has 0 aromatic carbocycles. The second-order valence-electron chi connectivity index (χ2n) is 2.96. The molecular weight excluding hydrogens is 164 g/mol.